The van der Waals surface area contributed by atoms with E-state index in [4.69, 9.17) is 9.47 Å². The van der Waals surface area contributed by atoms with Gasteiger partial charge in [0.05, 0.1) is 6.21 Å². The number of hydrogen-bond acceptors (Lipinski definition) is 5. The monoisotopic (exact) mass is 291 g/mol. The Balaban J connectivity index is 1.87. The highest BCUT2D eigenvalue weighted by atomic mass is 16.7. The average molecular weight is 291 g/mol. The number of fused-ring (bicyclic) bond motifs is 1. The number of benzene rings is 1. The van der Waals surface area contributed by atoms with Crippen LogP contribution in [-0.2, 0) is 9.59 Å². The number of carbonyl (C=O) groups is 2. The molecule has 1 aliphatic rings. The Hall–Kier alpha value is -2.57. The summed E-state index contributed by atoms with van der Waals surface area (Å²) in [6.07, 6.45) is 2.18. The largest absolute Gasteiger partial charge is 0.454 e. The minimum Gasteiger partial charge on any atom is -0.454 e. The smallest absolute Gasteiger partial charge is 0.329 e. The minimum absolute atomic E-state index is 0.0545. The van der Waals surface area contributed by atoms with Gasteiger partial charge < -0.3 is 14.8 Å². The number of hydrazone groups is 1. The summed E-state index contributed by atoms with van der Waals surface area (Å²) in [6.45, 7) is 3.93. The van der Waals surface area contributed by atoms with Gasteiger partial charge in [0.2, 0.25) is 6.79 Å². The van der Waals surface area contributed by atoms with E-state index in [1.54, 1.807) is 18.2 Å². The molecule has 7 nitrogen and oxygen atoms in total. The van der Waals surface area contributed by atoms with E-state index in [0.29, 0.717) is 11.5 Å². The summed E-state index contributed by atoms with van der Waals surface area (Å²) in [5.41, 5.74) is 2.90. The van der Waals surface area contributed by atoms with E-state index in [0.717, 1.165) is 12.0 Å². The van der Waals surface area contributed by atoms with E-state index >= 15 is 0 Å². The third kappa shape index (κ3) is 3.95. The van der Waals surface area contributed by atoms with E-state index in [2.05, 4.69) is 15.8 Å². The fourth-order valence-corrected chi connectivity index (χ4v) is 1.60. The van der Waals surface area contributed by atoms with Crippen LogP contribution in [0.25, 0.3) is 0 Å². The molecule has 2 N–H and O–H groups in total. The van der Waals surface area contributed by atoms with Crippen LogP contribution in [-0.4, -0.2) is 30.9 Å². The zero-order valence-electron chi connectivity index (χ0n) is 11.9. The fraction of sp³-hybridized carbons (Fsp3) is 0.357. The Morgan fingerprint density at radius 1 is 1.33 bits per heavy atom. The maximum Gasteiger partial charge on any atom is 0.329 e. The SMILES string of the molecule is CC[C@H](C)NC(=O)C(=O)N/N=C\c1ccc2c(c1)OCO2. The van der Waals surface area contributed by atoms with Crippen molar-refractivity contribution in [1.82, 2.24) is 10.7 Å². The second-order valence-electron chi connectivity index (χ2n) is 4.59. The summed E-state index contributed by atoms with van der Waals surface area (Å²) >= 11 is 0. The molecular formula is C14H17N3O4. The second-order valence-corrected chi connectivity index (χ2v) is 4.59. The van der Waals surface area contributed by atoms with Gasteiger partial charge in [-0.25, -0.2) is 5.43 Å². The summed E-state index contributed by atoms with van der Waals surface area (Å²) in [5, 5.41) is 6.29. The quantitative estimate of drug-likeness (QED) is 0.487. The first-order valence-corrected chi connectivity index (χ1v) is 6.63. The van der Waals surface area contributed by atoms with Crippen LogP contribution in [0.2, 0.25) is 0 Å². The summed E-state index contributed by atoms with van der Waals surface area (Å²) in [4.78, 5) is 23.0. The molecule has 2 amide bonds. The van der Waals surface area contributed by atoms with Crippen molar-refractivity contribution in [1.29, 1.82) is 0 Å². The Morgan fingerprint density at radius 2 is 2.10 bits per heavy atom. The van der Waals surface area contributed by atoms with Gasteiger partial charge in [0, 0.05) is 6.04 Å². The lowest BCUT2D eigenvalue weighted by Gasteiger charge is -2.09. The number of amides is 2. The molecule has 7 heteroatoms. The molecule has 0 radical (unpaired) electrons. The topological polar surface area (TPSA) is 89.0 Å². The van der Waals surface area contributed by atoms with Crippen LogP contribution in [0.1, 0.15) is 25.8 Å². The van der Waals surface area contributed by atoms with Crippen LogP contribution in [0.3, 0.4) is 0 Å². The van der Waals surface area contributed by atoms with Gasteiger partial charge in [0.15, 0.2) is 11.5 Å². The lowest BCUT2D eigenvalue weighted by atomic mass is 10.2. The molecular weight excluding hydrogens is 274 g/mol. The summed E-state index contributed by atoms with van der Waals surface area (Å²) < 4.78 is 10.4. The van der Waals surface area contributed by atoms with Gasteiger partial charge in [0.1, 0.15) is 0 Å². The number of nitrogens with zero attached hydrogens (tertiary/aromatic N) is 1. The molecule has 0 aliphatic carbocycles. The first-order chi connectivity index (χ1) is 10.1. The molecule has 0 saturated carbocycles. The molecule has 1 atom stereocenters. The van der Waals surface area contributed by atoms with E-state index < -0.39 is 11.8 Å². The van der Waals surface area contributed by atoms with Crippen LogP contribution in [0.4, 0.5) is 0 Å². The molecule has 0 aromatic heterocycles. The molecule has 1 aromatic rings. The van der Waals surface area contributed by atoms with Crippen molar-refractivity contribution < 1.29 is 19.1 Å². The molecule has 0 fully saturated rings. The van der Waals surface area contributed by atoms with Crippen LogP contribution in [0.5, 0.6) is 11.5 Å². The maximum atomic E-state index is 11.5. The average Bonchev–Trinajstić information content (AvgIpc) is 2.94. The van der Waals surface area contributed by atoms with E-state index in [9.17, 15) is 9.59 Å². The van der Waals surface area contributed by atoms with Gasteiger partial charge in [-0.15, -0.1) is 0 Å². The zero-order chi connectivity index (χ0) is 15.2. The van der Waals surface area contributed by atoms with E-state index in [1.807, 2.05) is 13.8 Å². The number of ether oxygens (including phenoxy) is 2. The first kappa shape index (κ1) is 14.8. The van der Waals surface area contributed by atoms with E-state index in [-0.39, 0.29) is 12.8 Å². The third-order valence-electron chi connectivity index (χ3n) is 2.97. The zero-order valence-corrected chi connectivity index (χ0v) is 11.9. The standard InChI is InChI=1S/C14H17N3O4/c1-3-9(2)16-13(18)14(19)17-15-7-10-4-5-11-12(6-10)21-8-20-11/h4-7,9H,3,8H2,1-2H3,(H,16,18)(H,17,19)/b15-7-/t9-/m0/s1. The van der Waals surface area contributed by atoms with Crippen molar-refractivity contribution in [3.8, 4) is 11.5 Å². The lowest BCUT2D eigenvalue weighted by Crippen LogP contribution is -2.41. The van der Waals surface area contributed by atoms with Crippen LogP contribution in [0.15, 0.2) is 23.3 Å². The molecule has 1 heterocycles. The Morgan fingerprint density at radius 3 is 2.86 bits per heavy atom. The predicted octanol–water partition coefficient (Wildman–Crippen LogP) is 0.780. The fourth-order valence-electron chi connectivity index (χ4n) is 1.60. The maximum absolute atomic E-state index is 11.5. The predicted molar refractivity (Wildman–Crippen MR) is 76.2 cm³/mol. The van der Waals surface area contributed by atoms with Crippen molar-refractivity contribution in [3.63, 3.8) is 0 Å². The number of nitrogens with one attached hydrogen (secondary N) is 2. The van der Waals surface area contributed by atoms with Gasteiger partial charge in [-0.2, -0.15) is 5.10 Å². The second kappa shape index (κ2) is 6.74. The van der Waals surface area contributed by atoms with Crippen molar-refractivity contribution in [2.75, 3.05) is 6.79 Å². The highest BCUT2D eigenvalue weighted by Gasteiger charge is 2.15. The Kier molecular flexibility index (Phi) is 4.76. The molecule has 0 saturated heterocycles. The van der Waals surface area contributed by atoms with Gasteiger partial charge in [0.25, 0.3) is 0 Å². The molecule has 1 aromatic carbocycles. The highest BCUT2D eigenvalue weighted by molar-refractivity contribution is 6.35. The van der Waals surface area contributed by atoms with Gasteiger partial charge in [-0.05, 0) is 37.1 Å². The molecule has 21 heavy (non-hydrogen) atoms. The highest BCUT2D eigenvalue weighted by Crippen LogP contribution is 2.31. The van der Waals surface area contributed by atoms with Crippen molar-refractivity contribution >= 4 is 18.0 Å². The number of rotatable bonds is 4. The van der Waals surface area contributed by atoms with Crippen molar-refractivity contribution in [3.05, 3.63) is 23.8 Å². The summed E-state index contributed by atoms with van der Waals surface area (Å²) in [5.74, 6) is -0.205. The number of carbonyl (C=O) groups excluding carboxylic acids is 2. The molecule has 0 spiro atoms. The minimum atomic E-state index is -0.799. The van der Waals surface area contributed by atoms with Crippen LogP contribution < -0.4 is 20.2 Å². The Labute approximate surface area is 122 Å². The molecule has 112 valence electrons. The van der Waals surface area contributed by atoms with Crippen LogP contribution >= 0.6 is 0 Å². The summed E-state index contributed by atoms with van der Waals surface area (Å²) in [7, 11) is 0. The number of hydrogen-bond donors (Lipinski definition) is 2. The van der Waals surface area contributed by atoms with Crippen LogP contribution in [0, 0.1) is 0 Å². The molecule has 2 rings (SSSR count). The van der Waals surface area contributed by atoms with Crippen molar-refractivity contribution in [2.24, 2.45) is 5.10 Å². The third-order valence-corrected chi connectivity index (χ3v) is 2.97. The Bertz CT molecular complexity index is 571. The normalized spacial score (nSPS) is 14.0. The van der Waals surface area contributed by atoms with Gasteiger partial charge >= 0.3 is 11.8 Å². The molecule has 1 aliphatic heterocycles. The van der Waals surface area contributed by atoms with Crippen molar-refractivity contribution in [2.45, 2.75) is 26.3 Å². The molecule has 0 bridgehead atoms. The van der Waals surface area contributed by atoms with Gasteiger partial charge in [-0.1, -0.05) is 6.92 Å². The lowest BCUT2D eigenvalue weighted by molar-refractivity contribution is -0.139. The summed E-state index contributed by atoms with van der Waals surface area (Å²) in [6, 6.07) is 5.20. The first-order valence-electron chi connectivity index (χ1n) is 6.63. The van der Waals surface area contributed by atoms with E-state index in [1.165, 1.54) is 6.21 Å². The van der Waals surface area contributed by atoms with Gasteiger partial charge in [-0.3, -0.25) is 9.59 Å². The molecule has 0 unspecified atom stereocenters.